The van der Waals surface area contributed by atoms with E-state index in [1.54, 1.807) is 18.2 Å². The molecule has 0 saturated carbocycles. The fourth-order valence-corrected chi connectivity index (χ4v) is 2.67. The first-order chi connectivity index (χ1) is 12.6. The number of aromatic hydroxyl groups is 1. The van der Waals surface area contributed by atoms with E-state index in [2.05, 4.69) is 4.99 Å². The van der Waals surface area contributed by atoms with Gasteiger partial charge in [-0.1, -0.05) is 0 Å². The number of hydrogen-bond donors (Lipinski definition) is 2. The monoisotopic (exact) mass is 352 g/mol. The van der Waals surface area contributed by atoms with Crippen molar-refractivity contribution in [1.82, 2.24) is 0 Å². The number of rotatable bonds is 6. The van der Waals surface area contributed by atoms with Gasteiger partial charge in [-0.05, 0) is 55.5 Å². The molecule has 0 fully saturated rings. The van der Waals surface area contributed by atoms with Gasteiger partial charge in [-0.2, -0.15) is 0 Å². The highest BCUT2D eigenvalue weighted by Gasteiger charge is 2.23. The Morgan fingerprint density at radius 1 is 1.04 bits per heavy atom. The maximum Gasteiger partial charge on any atom is 0.188 e. The van der Waals surface area contributed by atoms with E-state index in [4.69, 9.17) is 15.2 Å². The molecule has 3 rings (SSSR count). The van der Waals surface area contributed by atoms with Gasteiger partial charge in [-0.3, -0.25) is 4.79 Å². The number of nitrogens with two attached hydrogens (primary N) is 1. The fraction of sp³-hybridized carbons (Fsp3) is 0.200. The molecule has 0 unspecified atom stereocenters. The molecule has 0 saturated heterocycles. The van der Waals surface area contributed by atoms with Crippen LogP contribution in [0.1, 0.15) is 22.8 Å². The van der Waals surface area contributed by atoms with Gasteiger partial charge < -0.3 is 20.3 Å². The van der Waals surface area contributed by atoms with Crippen LogP contribution in [-0.2, 0) is 4.74 Å². The molecule has 2 aromatic carbocycles. The Balaban J connectivity index is 1.84. The molecule has 0 atom stereocenters. The molecule has 1 aliphatic rings. The summed E-state index contributed by atoms with van der Waals surface area (Å²) in [6.07, 6.45) is 2.98. The zero-order chi connectivity index (χ0) is 18.5. The Labute approximate surface area is 151 Å². The van der Waals surface area contributed by atoms with Gasteiger partial charge in [-0.15, -0.1) is 0 Å². The van der Waals surface area contributed by atoms with Crippen LogP contribution in [0.15, 0.2) is 53.5 Å². The second-order valence-corrected chi connectivity index (χ2v) is 5.66. The summed E-state index contributed by atoms with van der Waals surface area (Å²) < 4.78 is 10.8. The number of phenols is 1. The molecule has 0 aromatic heterocycles. The highest BCUT2D eigenvalue weighted by Crippen LogP contribution is 2.32. The summed E-state index contributed by atoms with van der Waals surface area (Å²) in [6.45, 7) is 3.61. The van der Waals surface area contributed by atoms with Crippen molar-refractivity contribution in [2.75, 3.05) is 25.6 Å². The average molecular weight is 352 g/mol. The van der Waals surface area contributed by atoms with Crippen LogP contribution in [0.4, 0.5) is 11.4 Å². The number of allylic oxidation sites excluding steroid dienone is 2. The predicted octanol–water partition coefficient (Wildman–Crippen LogP) is 3.26. The van der Waals surface area contributed by atoms with Gasteiger partial charge in [0.05, 0.1) is 29.1 Å². The van der Waals surface area contributed by atoms with Crippen molar-refractivity contribution in [3.8, 4) is 11.5 Å². The lowest BCUT2D eigenvalue weighted by Crippen LogP contribution is -2.15. The van der Waals surface area contributed by atoms with E-state index in [0.29, 0.717) is 42.5 Å². The second kappa shape index (κ2) is 7.84. The third-order valence-corrected chi connectivity index (χ3v) is 3.90. The average Bonchev–Trinajstić information content (AvgIpc) is 2.65. The van der Waals surface area contributed by atoms with Crippen LogP contribution in [0.3, 0.4) is 0 Å². The number of carbonyl (C=O) groups is 1. The Hall–Kier alpha value is -3.12. The normalized spacial score (nSPS) is 14.5. The van der Waals surface area contributed by atoms with E-state index in [9.17, 15) is 9.90 Å². The Kier molecular flexibility index (Phi) is 5.34. The summed E-state index contributed by atoms with van der Waals surface area (Å²) >= 11 is 0. The number of nitrogens with zero attached hydrogens (tertiary/aromatic N) is 1. The third-order valence-electron chi connectivity index (χ3n) is 3.90. The standard InChI is InChI=1S/C20H20N2O4/c1-2-25-11-12-26-14-5-3-13(4-6-14)22-16-8-10-17(23)19-15(21)7-9-18(24)20(16)19/h3-10,24H,2,11-12,21H2,1H3. The number of anilines is 1. The molecule has 0 heterocycles. The van der Waals surface area contributed by atoms with Crippen LogP contribution < -0.4 is 10.5 Å². The van der Waals surface area contributed by atoms with Crippen molar-refractivity contribution in [3.63, 3.8) is 0 Å². The van der Waals surface area contributed by atoms with Gasteiger partial charge in [-0.25, -0.2) is 4.99 Å². The highest BCUT2D eigenvalue weighted by atomic mass is 16.5. The van der Waals surface area contributed by atoms with E-state index in [1.807, 2.05) is 19.1 Å². The smallest absolute Gasteiger partial charge is 0.188 e. The maximum atomic E-state index is 12.1. The minimum atomic E-state index is -0.245. The molecule has 2 aromatic rings. The minimum Gasteiger partial charge on any atom is -0.507 e. The van der Waals surface area contributed by atoms with Gasteiger partial charge in [0.15, 0.2) is 5.78 Å². The van der Waals surface area contributed by atoms with Crippen molar-refractivity contribution < 1.29 is 19.4 Å². The summed E-state index contributed by atoms with van der Waals surface area (Å²) in [6, 6.07) is 10.2. The summed E-state index contributed by atoms with van der Waals surface area (Å²) in [7, 11) is 0. The largest absolute Gasteiger partial charge is 0.507 e. The molecule has 6 nitrogen and oxygen atoms in total. The number of aliphatic imine (C=N–C) groups is 1. The number of ether oxygens (including phenoxy) is 2. The van der Waals surface area contributed by atoms with Crippen molar-refractivity contribution in [2.45, 2.75) is 6.92 Å². The molecule has 0 spiro atoms. The van der Waals surface area contributed by atoms with E-state index >= 15 is 0 Å². The van der Waals surface area contributed by atoms with Gasteiger partial charge in [0.25, 0.3) is 0 Å². The van der Waals surface area contributed by atoms with E-state index < -0.39 is 0 Å². The van der Waals surface area contributed by atoms with Crippen molar-refractivity contribution >= 4 is 22.9 Å². The summed E-state index contributed by atoms with van der Waals surface area (Å²) in [4.78, 5) is 16.6. The molecule has 0 radical (unpaired) electrons. The van der Waals surface area contributed by atoms with Crippen molar-refractivity contribution in [2.24, 2.45) is 4.99 Å². The second-order valence-electron chi connectivity index (χ2n) is 5.66. The summed E-state index contributed by atoms with van der Waals surface area (Å²) in [5, 5.41) is 10.2. The molecule has 1 aliphatic carbocycles. The molecular formula is C20H20N2O4. The minimum absolute atomic E-state index is 0.0264. The van der Waals surface area contributed by atoms with Crippen molar-refractivity contribution in [1.29, 1.82) is 0 Å². The summed E-state index contributed by atoms with van der Waals surface area (Å²) in [5.74, 6) is 0.447. The Bertz CT molecular complexity index is 870. The maximum absolute atomic E-state index is 12.1. The summed E-state index contributed by atoms with van der Waals surface area (Å²) in [5.41, 5.74) is 8.00. The molecular weight excluding hydrogens is 332 g/mol. The third kappa shape index (κ3) is 3.75. The number of phenolic OH excluding ortho intramolecular Hbond substituents is 1. The lowest BCUT2D eigenvalue weighted by Gasteiger charge is -2.16. The molecule has 134 valence electrons. The van der Waals surface area contributed by atoms with E-state index in [0.717, 1.165) is 5.75 Å². The van der Waals surface area contributed by atoms with Crippen LogP contribution in [0.5, 0.6) is 11.5 Å². The molecule has 0 amide bonds. The van der Waals surface area contributed by atoms with Crippen LogP contribution >= 0.6 is 0 Å². The fourth-order valence-electron chi connectivity index (χ4n) is 2.67. The van der Waals surface area contributed by atoms with Crippen LogP contribution in [0.2, 0.25) is 0 Å². The van der Waals surface area contributed by atoms with Gasteiger partial charge in [0, 0.05) is 12.3 Å². The number of nitrogen functional groups attached to an aromatic ring is 1. The first-order valence-corrected chi connectivity index (χ1v) is 8.33. The number of hydrogen-bond acceptors (Lipinski definition) is 6. The van der Waals surface area contributed by atoms with Crippen LogP contribution in [0.25, 0.3) is 0 Å². The molecule has 3 N–H and O–H groups in total. The topological polar surface area (TPSA) is 94.1 Å². The van der Waals surface area contributed by atoms with E-state index in [-0.39, 0.29) is 17.1 Å². The quantitative estimate of drug-likeness (QED) is 0.473. The number of carbonyl (C=O) groups excluding carboxylic acids is 1. The molecule has 26 heavy (non-hydrogen) atoms. The first kappa shape index (κ1) is 17.7. The number of ketones is 1. The Morgan fingerprint density at radius 3 is 2.54 bits per heavy atom. The van der Waals surface area contributed by atoms with Gasteiger partial charge >= 0.3 is 0 Å². The molecule has 6 heteroatoms. The lowest BCUT2D eigenvalue weighted by molar-refractivity contribution is 0.104. The van der Waals surface area contributed by atoms with Crippen LogP contribution in [-0.4, -0.2) is 36.4 Å². The number of fused-ring (bicyclic) bond motifs is 1. The zero-order valence-corrected chi connectivity index (χ0v) is 14.4. The van der Waals surface area contributed by atoms with Crippen molar-refractivity contribution in [3.05, 3.63) is 59.7 Å². The molecule has 0 aliphatic heterocycles. The highest BCUT2D eigenvalue weighted by molar-refractivity contribution is 6.27. The first-order valence-electron chi connectivity index (χ1n) is 8.33. The predicted molar refractivity (Wildman–Crippen MR) is 101 cm³/mol. The molecule has 0 bridgehead atoms. The zero-order valence-electron chi connectivity index (χ0n) is 14.4. The van der Waals surface area contributed by atoms with Crippen LogP contribution in [0, 0.1) is 0 Å². The van der Waals surface area contributed by atoms with Gasteiger partial charge in [0.1, 0.15) is 18.1 Å². The SMILES string of the molecule is CCOCCOc1ccc(N=C2C=CC(=O)c3c(N)ccc(O)c32)cc1. The van der Waals surface area contributed by atoms with E-state index in [1.165, 1.54) is 18.2 Å². The Morgan fingerprint density at radius 2 is 1.81 bits per heavy atom. The van der Waals surface area contributed by atoms with Gasteiger partial charge in [0.2, 0.25) is 0 Å². The lowest BCUT2D eigenvalue weighted by atomic mass is 9.92. The number of benzene rings is 2.